The average molecular weight is 354 g/mol. The number of hydrogen-bond donors (Lipinski definition) is 0. The molecule has 0 unspecified atom stereocenters. The van der Waals surface area contributed by atoms with Crippen molar-refractivity contribution in [2.75, 3.05) is 7.05 Å². The maximum absolute atomic E-state index is 13.0. The van der Waals surface area contributed by atoms with Crippen LogP contribution >= 0.6 is 0 Å². The number of rotatable bonds is 5. The van der Waals surface area contributed by atoms with Crippen molar-refractivity contribution in [3.8, 4) is 0 Å². The van der Waals surface area contributed by atoms with E-state index < -0.39 is 0 Å². The standard InChI is InChI=1S/C20H19FN2O3/c1-22(12-14-4-8-17(21)9-5-14)20(26)16-6-2-15(3-7-16)13-23-18(24)10-11-19(23)25/h2-9H,10-13H2,1H3. The number of carbonyl (C=O) groups excluding carboxylic acids is 3. The van der Waals surface area contributed by atoms with Crippen molar-refractivity contribution in [1.82, 2.24) is 9.80 Å². The molecule has 0 bridgehead atoms. The number of halogens is 1. The Kier molecular flexibility index (Phi) is 5.11. The lowest BCUT2D eigenvalue weighted by Gasteiger charge is -2.18. The van der Waals surface area contributed by atoms with Crippen LogP contribution < -0.4 is 0 Å². The fourth-order valence-electron chi connectivity index (χ4n) is 2.89. The molecule has 6 heteroatoms. The zero-order valence-electron chi connectivity index (χ0n) is 14.4. The molecule has 1 saturated heterocycles. The number of benzene rings is 2. The van der Waals surface area contributed by atoms with E-state index in [0.29, 0.717) is 12.1 Å². The van der Waals surface area contributed by atoms with Crippen LogP contribution in [0.4, 0.5) is 4.39 Å². The molecule has 0 spiro atoms. The number of nitrogens with zero attached hydrogens (tertiary/aromatic N) is 2. The van der Waals surface area contributed by atoms with Crippen LogP contribution in [0.2, 0.25) is 0 Å². The summed E-state index contributed by atoms with van der Waals surface area (Å²) in [5.41, 5.74) is 2.15. The summed E-state index contributed by atoms with van der Waals surface area (Å²) < 4.78 is 13.0. The molecule has 0 N–H and O–H groups in total. The average Bonchev–Trinajstić information content (AvgIpc) is 2.95. The smallest absolute Gasteiger partial charge is 0.253 e. The molecule has 3 rings (SSSR count). The Morgan fingerprint density at radius 3 is 2.08 bits per heavy atom. The van der Waals surface area contributed by atoms with E-state index in [0.717, 1.165) is 11.1 Å². The SMILES string of the molecule is CN(Cc1ccc(F)cc1)C(=O)c1ccc(CN2C(=O)CCC2=O)cc1. The van der Waals surface area contributed by atoms with Crippen molar-refractivity contribution in [2.24, 2.45) is 0 Å². The Balaban J connectivity index is 1.63. The van der Waals surface area contributed by atoms with Gasteiger partial charge in [-0.25, -0.2) is 4.39 Å². The van der Waals surface area contributed by atoms with Crippen molar-refractivity contribution >= 4 is 17.7 Å². The second-order valence-electron chi connectivity index (χ2n) is 6.36. The Labute approximate surface area is 151 Å². The predicted molar refractivity (Wildman–Crippen MR) is 93.4 cm³/mol. The third kappa shape index (κ3) is 3.96. The van der Waals surface area contributed by atoms with Crippen LogP contribution in [0.5, 0.6) is 0 Å². The first kappa shape index (κ1) is 17.8. The number of carbonyl (C=O) groups is 3. The molecule has 134 valence electrons. The van der Waals surface area contributed by atoms with Gasteiger partial charge in [-0.05, 0) is 35.4 Å². The summed E-state index contributed by atoms with van der Waals surface area (Å²) in [5, 5.41) is 0. The molecule has 0 radical (unpaired) electrons. The van der Waals surface area contributed by atoms with Crippen LogP contribution in [0.3, 0.4) is 0 Å². The molecular formula is C20H19FN2O3. The second kappa shape index (κ2) is 7.47. The normalized spacial score (nSPS) is 14.0. The van der Waals surface area contributed by atoms with Gasteiger partial charge in [-0.1, -0.05) is 24.3 Å². The number of imide groups is 1. The fourth-order valence-corrected chi connectivity index (χ4v) is 2.89. The largest absolute Gasteiger partial charge is 0.337 e. The maximum atomic E-state index is 13.0. The van der Waals surface area contributed by atoms with Crippen molar-refractivity contribution in [3.05, 3.63) is 71.0 Å². The minimum atomic E-state index is -0.312. The van der Waals surface area contributed by atoms with Crippen molar-refractivity contribution in [1.29, 1.82) is 0 Å². The van der Waals surface area contributed by atoms with E-state index in [1.807, 2.05) is 0 Å². The van der Waals surface area contributed by atoms with Crippen molar-refractivity contribution in [3.63, 3.8) is 0 Å². The Morgan fingerprint density at radius 1 is 0.962 bits per heavy atom. The van der Waals surface area contributed by atoms with Gasteiger partial charge in [0.05, 0.1) is 6.54 Å². The fraction of sp³-hybridized carbons (Fsp3) is 0.250. The summed E-state index contributed by atoms with van der Waals surface area (Å²) in [6.45, 7) is 0.606. The summed E-state index contributed by atoms with van der Waals surface area (Å²) >= 11 is 0. The van der Waals surface area contributed by atoms with Gasteiger partial charge in [0.15, 0.2) is 0 Å². The van der Waals surface area contributed by atoms with Gasteiger partial charge in [0.2, 0.25) is 11.8 Å². The first-order chi connectivity index (χ1) is 12.4. The molecule has 3 amide bonds. The predicted octanol–water partition coefficient (Wildman–Crippen LogP) is 2.75. The molecule has 1 fully saturated rings. The first-order valence-electron chi connectivity index (χ1n) is 8.36. The van der Waals surface area contributed by atoms with Gasteiger partial charge >= 0.3 is 0 Å². The summed E-state index contributed by atoms with van der Waals surface area (Å²) in [6, 6.07) is 12.9. The lowest BCUT2D eigenvalue weighted by Crippen LogP contribution is -2.28. The molecule has 1 aliphatic rings. The van der Waals surface area contributed by atoms with E-state index >= 15 is 0 Å². The second-order valence-corrected chi connectivity index (χ2v) is 6.36. The summed E-state index contributed by atoms with van der Waals surface area (Å²) in [7, 11) is 1.68. The summed E-state index contributed by atoms with van der Waals surface area (Å²) in [6.07, 6.45) is 0.535. The number of amides is 3. The number of likely N-dealkylation sites (tertiary alicyclic amines) is 1. The van der Waals surface area contributed by atoms with Gasteiger partial charge in [0.25, 0.3) is 5.91 Å². The van der Waals surface area contributed by atoms with Gasteiger partial charge in [0.1, 0.15) is 5.82 Å². The molecule has 0 atom stereocenters. The van der Waals surface area contributed by atoms with E-state index in [4.69, 9.17) is 0 Å². The number of hydrogen-bond acceptors (Lipinski definition) is 3. The lowest BCUT2D eigenvalue weighted by atomic mass is 10.1. The Hall–Kier alpha value is -3.02. The molecule has 5 nitrogen and oxygen atoms in total. The van der Waals surface area contributed by atoms with E-state index in [2.05, 4.69) is 0 Å². The maximum Gasteiger partial charge on any atom is 0.253 e. The topological polar surface area (TPSA) is 57.7 Å². The highest BCUT2D eigenvalue weighted by molar-refractivity contribution is 6.01. The Bertz CT molecular complexity index is 815. The van der Waals surface area contributed by atoms with Crippen LogP contribution in [0.15, 0.2) is 48.5 Å². The zero-order chi connectivity index (χ0) is 18.7. The van der Waals surface area contributed by atoms with E-state index in [9.17, 15) is 18.8 Å². The van der Waals surface area contributed by atoms with Crippen molar-refractivity contribution < 1.29 is 18.8 Å². The molecule has 1 aliphatic heterocycles. The van der Waals surface area contributed by atoms with E-state index in [-0.39, 0.29) is 42.9 Å². The van der Waals surface area contributed by atoms with E-state index in [1.165, 1.54) is 17.0 Å². The third-order valence-electron chi connectivity index (χ3n) is 4.38. The summed E-state index contributed by atoms with van der Waals surface area (Å²) in [5.74, 6) is -0.786. The van der Waals surface area contributed by atoms with Crippen LogP contribution in [-0.2, 0) is 22.7 Å². The molecule has 1 heterocycles. The minimum Gasteiger partial charge on any atom is -0.337 e. The molecule has 0 aromatic heterocycles. The highest BCUT2D eigenvalue weighted by Crippen LogP contribution is 2.17. The molecule has 0 saturated carbocycles. The van der Waals surface area contributed by atoms with Crippen LogP contribution in [-0.4, -0.2) is 34.6 Å². The zero-order valence-corrected chi connectivity index (χ0v) is 14.4. The lowest BCUT2D eigenvalue weighted by molar-refractivity contribution is -0.139. The quantitative estimate of drug-likeness (QED) is 0.776. The Morgan fingerprint density at radius 2 is 1.50 bits per heavy atom. The van der Waals surface area contributed by atoms with Gasteiger partial charge < -0.3 is 4.90 Å². The molecule has 26 heavy (non-hydrogen) atoms. The van der Waals surface area contributed by atoms with Gasteiger partial charge in [-0.15, -0.1) is 0 Å². The molecular weight excluding hydrogens is 335 g/mol. The first-order valence-corrected chi connectivity index (χ1v) is 8.36. The van der Waals surface area contributed by atoms with E-state index in [1.54, 1.807) is 48.3 Å². The molecule has 2 aromatic rings. The summed E-state index contributed by atoms with van der Waals surface area (Å²) in [4.78, 5) is 38.6. The monoisotopic (exact) mass is 354 g/mol. The van der Waals surface area contributed by atoms with Crippen LogP contribution in [0.1, 0.15) is 34.3 Å². The van der Waals surface area contributed by atoms with Gasteiger partial charge in [-0.3, -0.25) is 19.3 Å². The molecule has 2 aromatic carbocycles. The van der Waals surface area contributed by atoms with Crippen LogP contribution in [0, 0.1) is 5.82 Å². The highest BCUT2D eigenvalue weighted by atomic mass is 19.1. The van der Waals surface area contributed by atoms with Crippen molar-refractivity contribution in [2.45, 2.75) is 25.9 Å². The molecule has 0 aliphatic carbocycles. The van der Waals surface area contributed by atoms with Crippen LogP contribution in [0.25, 0.3) is 0 Å². The third-order valence-corrected chi connectivity index (χ3v) is 4.38. The highest BCUT2D eigenvalue weighted by Gasteiger charge is 2.28. The van der Waals surface area contributed by atoms with Gasteiger partial charge in [0, 0.05) is 32.0 Å². The van der Waals surface area contributed by atoms with Gasteiger partial charge in [-0.2, -0.15) is 0 Å². The minimum absolute atomic E-state index is 0.158.